The number of nitrogens with one attached hydrogen (secondary N) is 2. The summed E-state index contributed by atoms with van der Waals surface area (Å²) < 4.78 is 3.57. The van der Waals surface area contributed by atoms with Gasteiger partial charge in [-0.3, -0.25) is 4.68 Å². The van der Waals surface area contributed by atoms with Crippen LogP contribution in [0, 0.1) is 6.92 Å². The molecule has 1 aromatic carbocycles. The number of urea groups is 1. The van der Waals surface area contributed by atoms with Crippen LogP contribution in [-0.4, -0.2) is 44.7 Å². The van der Waals surface area contributed by atoms with E-state index in [1.165, 1.54) is 0 Å². The van der Waals surface area contributed by atoms with Gasteiger partial charge in [0.15, 0.2) is 0 Å². The number of anilines is 2. The van der Waals surface area contributed by atoms with Crippen molar-refractivity contribution in [2.75, 3.05) is 23.3 Å². The van der Waals surface area contributed by atoms with E-state index >= 15 is 0 Å². The fourth-order valence-corrected chi connectivity index (χ4v) is 3.55. The van der Waals surface area contributed by atoms with Crippen LogP contribution in [0.2, 0.25) is 0 Å². The van der Waals surface area contributed by atoms with Crippen molar-refractivity contribution in [1.82, 2.24) is 24.9 Å². The van der Waals surface area contributed by atoms with Gasteiger partial charge in [0.25, 0.3) is 0 Å². The van der Waals surface area contributed by atoms with Crippen LogP contribution < -0.4 is 15.5 Å². The number of aromatic nitrogens is 4. The molecular formula is C20H25N7O. The lowest BCUT2D eigenvalue weighted by Crippen LogP contribution is -2.49. The summed E-state index contributed by atoms with van der Waals surface area (Å²) in [6.45, 7) is 3.75. The molecule has 3 aromatic rings. The lowest BCUT2D eigenvalue weighted by atomic mass is 10.1. The van der Waals surface area contributed by atoms with Gasteiger partial charge in [-0.05, 0) is 43.5 Å². The monoisotopic (exact) mass is 379 g/mol. The maximum atomic E-state index is 12.6. The highest BCUT2D eigenvalue weighted by Crippen LogP contribution is 2.21. The molecule has 0 aliphatic carbocycles. The summed E-state index contributed by atoms with van der Waals surface area (Å²) in [4.78, 5) is 14.9. The molecule has 28 heavy (non-hydrogen) atoms. The van der Waals surface area contributed by atoms with E-state index in [0.717, 1.165) is 48.6 Å². The molecule has 4 rings (SSSR count). The summed E-state index contributed by atoms with van der Waals surface area (Å²) in [5.74, 6) is 0. The zero-order chi connectivity index (χ0) is 19.5. The van der Waals surface area contributed by atoms with Crippen molar-refractivity contribution in [3.8, 4) is 5.69 Å². The van der Waals surface area contributed by atoms with E-state index in [-0.39, 0.29) is 12.1 Å². The third-order valence-electron chi connectivity index (χ3n) is 5.05. The minimum Gasteiger partial charge on any atom is -0.367 e. The van der Waals surface area contributed by atoms with Crippen molar-refractivity contribution in [2.24, 2.45) is 7.05 Å². The first-order valence-electron chi connectivity index (χ1n) is 9.50. The molecule has 1 aliphatic rings. The molecule has 0 spiro atoms. The first-order chi connectivity index (χ1) is 13.6. The lowest BCUT2D eigenvalue weighted by Gasteiger charge is -2.33. The average Bonchev–Trinajstić information content (AvgIpc) is 3.36. The highest BCUT2D eigenvalue weighted by atomic mass is 16.2. The Balaban J connectivity index is 1.39. The largest absolute Gasteiger partial charge is 0.367 e. The van der Waals surface area contributed by atoms with E-state index in [4.69, 9.17) is 0 Å². The quantitative estimate of drug-likeness (QED) is 0.730. The van der Waals surface area contributed by atoms with Gasteiger partial charge in [0.05, 0.1) is 17.6 Å². The van der Waals surface area contributed by atoms with Gasteiger partial charge in [0.1, 0.15) is 0 Å². The van der Waals surface area contributed by atoms with E-state index in [9.17, 15) is 4.79 Å². The number of hydrogen-bond donors (Lipinski definition) is 2. The van der Waals surface area contributed by atoms with Gasteiger partial charge in [-0.1, -0.05) is 6.07 Å². The zero-order valence-electron chi connectivity index (χ0n) is 16.2. The van der Waals surface area contributed by atoms with Gasteiger partial charge in [-0.2, -0.15) is 10.2 Å². The molecule has 1 atom stereocenters. The molecule has 0 radical (unpaired) electrons. The fraction of sp³-hybridized carbons (Fsp3) is 0.350. The third-order valence-corrected chi connectivity index (χ3v) is 5.05. The first kappa shape index (κ1) is 18.1. The molecule has 2 amide bonds. The van der Waals surface area contributed by atoms with Crippen LogP contribution in [0.1, 0.15) is 18.4 Å². The summed E-state index contributed by atoms with van der Waals surface area (Å²) in [5, 5.41) is 14.6. The maximum Gasteiger partial charge on any atom is 0.319 e. The van der Waals surface area contributed by atoms with Crippen LogP contribution in [0.15, 0.2) is 49.1 Å². The highest BCUT2D eigenvalue weighted by molar-refractivity contribution is 5.90. The number of piperidine rings is 1. The Labute approximate surface area is 164 Å². The van der Waals surface area contributed by atoms with Gasteiger partial charge in [0, 0.05) is 50.5 Å². The Morgan fingerprint density at radius 2 is 2.14 bits per heavy atom. The SMILES string of the molecule is Cc1ccc(-n2cccn2)cc1NC(=O)N[C@@H]1CCCN(c2cnn(C)c2)C1. The molecule has 1 fully saturated rings. The zero-order valence-corrected chi connectivity index (χ0v) is 16.2. The molecule has 2 N–H and O–H groups in total. The summed E-state index contributed by atoms with van der Waals surface area (Å²) in [6.07, 6.45) is 9.49. The Morgan fingerprint density at radius 3 is 2.89 bits per heavy atom. The number of amides is 2. The summed E-state index contributed by atoms with van der Waals surface area (Å²) in [6, 6.07) is 7.69. The van der Waals surface area contributed by atoms with E-state index in [2.05, 4.69) is 25.7 Å². The summed E-state index contributed by atoms with van der Waals surface area (Å²) in [7, 11) is 1.91. The Bertz CT molecular complexity index is 947. The lowest BCUT2D eigenvalue weighted by molar-refractivity contribution is 0.246. The topological polar surface area (TPSA) is 80.0 Å². The maximum absolute atomic E-state index is 12.6. The van der Waals surface area contributed by atoms with Crippen LogP contribution in [0.4, 0.5) is 16.2 Å². The normalized spacial score (nSPS) is 16.8. The molecular weight excluding hydrogens is 354 g/mol. The predicted molar refractivity (Wildman–Crippen MR) is 109 cm³/mol. The second kappa shape index (κ2) is 7.75. The van der Waals surface area contributed by atoms with Crippen molar-refractivity contribution >= 4 is 17.4 Å². The van der Waals surface area contributed by atoms with E-state index in [0.29, 0.717) is 0 Å². The molecule has 3 heterocycles. The summed E-state index contributed by atoms with van der Waals surface area (Å²) >= 11 is 0. The van der Waals surface area contributed by atoms with Crippen LogP contribution in [0.3, 0.4) is 0 Å². The van der Waals surface area contributed by atoms with E-state index in [1.54, 1.807) is 15.6 Å². The molecule has 0 bridgehead atoms. The first-order valence-corrected chi connectivity index (χ1v) is 9.50. The Kier molecular flexibility index (Phi) is 5.01. The fourth-order valence-electron chi connectivity index (χ4n) is 3.55. The van der Waals surface area contributed by atoms with Gasteiger partial charge in [-0.15, -0.1) is 0 Å². The average molecular weight is 379 g/mol. The number of hydrogen-bond acceptors (Lipinski definition) is 4. The number of carbonyl (C=O) groups excluding carboxylic acids is 1. The number of rotatable bonds is 4. The smallest absolute Gasteiger partial charge is 0.319 e. The highest BCUT2D eigenvalue weighted by Gasteiger charge is 2.22. The number of aryl methyl sites for hydroxylation is 2. The van der Waals surface area contributed by atoms with E-state index < -0.39 is 0 Å². The molecule has 0 unspecified atom stereocenters. The number of carbonyl (C=O) groups is 1. The van der Waals surface area contributed by atoms with Crippen molar-refractivity contribution in [2.45, 2.75) is 25.8 Å². The van der Waals surface area contributed by atoms with Gasteiger partial charge < -0.3 is 15.5 Å². The second-order valence-electron chi connectivity index (χ2n) is 7.21. The van der Waals surface area contributed by atoms with E-state index in [1.807, 2.05) is 56.8 Å². The number of benzene rings is 1. The molecule has 8 heteroatoms. The Hall–Kier alpha value is -3.29. The molecule has 146 valence electrons. The summed E-state index contributed by atoms with van der Waals surface area (Å²) in [5.41, 5.74) is 3.79. The van der Waals surface area contributed by atoms with Crippen molar-refractivity contribution < 1.29 is 4.79 Å². The molecule has 2 aromatic heterocycles. The van der Waals surface area contributed by atoms with Gasteiger partial charge >= 0.3 is 6.03 Å². The Morgan fingerprint density at radius 1 is 1.25 bits per heavy atom. The minimum absolute atomic E-state index is 0.101. The third kappa shape index (κ3) is 4.00. The van der Waals surface area contributed by atoms with Gasteiger partial charge in [0.2, 0.25) is 0 Å². The van der Waals surface area contributed by atoms with Crippen LogP contribution >= 0.6 is 0 Å². The van der Waals surface area contributed by atoms with Gasteiger partial charge in [-0.25, -0.2) is 9.48 Å². The van der Waals surface area contributed by atoms with Crippen LogP contribution in [0.5, 0.6) is 0 Å². The second-order valence-corrected chi connectivity index (χ2v) is 7.21. The van der Waals surface area contributed by atoms with Crippen molar-refractivity contribution in [3.63, 3.8) is 0 Å². The van der Waals surface area contributed by atoms with Crippen molar-refractivity contribution in [1.29, 1.82) is 0 Å². The molecule has 1 aliphatic heterocycles. The molecule has 0 saturated carbocycles. The molecule has 8 nitrogen and oxygen atoms in total. The minimum atomic E-state index is -0.182. The van der Waals surface area contributed by atoms with Crippen molar-refractivity contribution in [3.05, 3.63) is 54.6 Å². The standard InChI is InChI=1S/C20H25N7O/c1-15-6-7-17(27-10-4-8-21-27)11-19(15)24-20(28)23-16-5-3-9-26(13-16)18-12-22-25(2)14-18/h4,6-8,10-12,14,16H,3,5,9,13H2,1-2H3,(H2,23,24,28)/t16-/m1/s1. The predicted octanol–water partition coefficient (Wildman–Crippen LogP) is 2.70. The number of nitrogens with zero attached hydrogens (tertiary/aromatic N) is 5. The molecule has 1 saturated heterocycles. The van der Waals surface area contributed by atoms with Crippen LogP contribution in [-0.2, 0) is 7.05 Å². The van der Waals surface area contributed by atoms with Crippen LogP contribution in [0.25, 0.3) is 5.69 Å².